The second-order valence-corrected chi connectivity index (χ2v) is 11.6. The van der Waals surface area contributed by atoms with Gasteiger partial charge in [-0.05, 0) is 69.4 Å². The Morgan fingerprint density at radius 1 is 1.09 bits per heavy atom. The third kappa shape index (κ3) is 4.73. The lowest BCUT2D eigenvalue weighted by Gasteiger charge is -2.50. The number of aliphatic hydroxyl groups is 1. The van der Waals surface area contributed by atoms with Gasteiger partial charge in [0.05, 0.1) is 12.0 Å². The highest BCUT2D eigenvalue weighted by Crippen LogP contribution is 2.44. The molecule has 2 heterocycles. The molecule has 0 saturated carbocycles. The van der Waals surface area contributed by atoms with E-state index in [2.05, 4.69) is 25.7 Å². The van der Waals surface area contributed by atoms with Crippen LogP contribution in [0.1, 0.15) is 58.1 Å². The Kier molecular flexibility index (Phi) is 7.04. The Bertz CT molecular complexity index is 1090. The van der Waals surface area contributed by atoms with Gasteiger partial charge < -0.3 is 10.0 Å². The van der Waals surface area contributed by atoms with Gasteiger partial charge in [-0.15, -0.1) is 0 Å². The number of carbonyl (C=O) groups excluding carboxylic acids is 1. The average Bonchev–Trinajstić information content (AvgIpc) is 3.23. The fraction of sp³-hybridized carbons (Fsp3) is 0.536. The highest BCUT2D eigenvalue weighted by Gasteiger charge is 2.51. The molecule has 4 nitrogen and oxygen atoms in total. The monoisotopic (exact) mass is 504 g/mol. The largest absolute Gasteiger partial charge is 0.383 e. The maximum Gasteiger partial charge on any atom is 0.228 e. The molecule has 2 aromatic carbocycles. The van der Waals surface area contributed by atoms with Crippen LogP contribution in [-0.2, 0) is 10.4 Å². The molecule has 2 aliphatic heterocycles. The van der Waals surface area contributed by atoms with Crippen molar-refractivity contribution in [3.63, 3.8) is 0 Å². The van der Waals surface area contributed by atoms with Gasteiger partial charge >= 0.3 is 0 Å². The third-order valence-electron chi connectivity index (χ3n) is 8.20. The molecule has 2 aromatic rings. The zero-order valence-electron chi connectivity index (χ0n) is 21.1. The van der Waals surface area contributed by atoms with Crippen molar-refractivity contribution in [3.05, 3.63) is 70.2 Å². The van der Waals surface area contributed by atoms with Gasteiger partial charge in [-0.25, -0.2) is 8.78 Å². The van der Waals surface area contributed by atoms with Crippen LogP contribution in [0.2, 0.25) is 5.02 Å². The molecule has 0 spiro atoms. The van der Waals surface area contributed by atoms with Gasteiger partial charge in [0, 0.05) is 42.2 Å². The smallest absolute Gasteiger partial charge is 0.228 e. The summed E-state index contributed by atoms with van der Waals surface area (Å²) >= 11 is 6.08. The van der Waals surface area contributed by atoms with Gasteiger partial charge in [-0.2, -0.15) is 0 Å². The molecule has 190 valence electrons. The van der Waals surface area contributed by atoms with Crippen molar-refractivity contribution >= 4 is 17.5 Å². The molecule has 1 N–H and O–H groups in total. The van der Waals surface area contributed by atoms with Crippen molar-refractivity contribution in [2.75, 3.05) is 19.6 Å². The Labute approximate surface area is 211 Å². The van der Waals surface area contributed by atoms with Crippen LogP contribution < -0.4 is 0 Å². The first kappa shape index (κ1) is 26.1. The minimum Gasteiger partial charge on any atom is -0.383 e. The van der Waals surface area contributed by atoms with Crippen LogP contribution in [-0.4, -0.2) is 52.0 Å². The molecular weight excluding hydrogens is 470 g/mol. The first-order chi connectivity index (χ1) is 16.3. The minimum atomic E-state index is -1.24. The van der Waals surface area contributed by atoms with Crippen LogP contribution in [0.3, 0.4) is 0 Å². The van der Waals surface area contributed by atoms with Gasteiger partial charge in [0.1, 0.15) is 17.2 Å². The fourth-order valence-corrected chi connectivity index (χ4v) is 6.00. The Hall–Kier alpha value is -2.02. The normalized spacial score (nSPS) is 30.0. The molecule has 0 unspecified atom stereocenters. The van der Waals surface area contributed by atoms with E-state index in [-0.39, 0.29) is 17.4 Å². The molecule has 0 bridgehead atoms. The van der Waals surface area contributed by atoms with Gasteiger partial charge in [0.2, 0.25) is 5.91 Å². The molecule has 0 aromatic heterocycles. The first-order valence-corrected chi connectivity index (χ1v) is 12.7. The molecule has 35 heavy (non-hydrogen) atoms. The summed E-state index contributed by atoms with van der Waals surface area (Å²) in [4.78, 5) is 18.0. The first-order valence-electron chi connectivity index (χ1n) is 12.3. The van der Waals surface area contributed by atoms with E-state index < -0.39 is 35.1 Å². The fourth-order valence-electron chi connectivity index (χ4n) is 5.87. The molecule has 1 amide bonds. The van der Waals surface area contributed by atoms with Crippen molar-refractivity contribution < 1.29 is 18.7 Å². The molecule has 2 aliphatic rings. The number of nitrogens with zero attached hydrogens (tertiary/aromatic N) is 2. The van der Waals surface area contributed by atoms with Crippen molar-refractivity contribution in [1.82, 2.24) is 9.80 Å². The summed E-state index contributed by atoms with van der Waals surface area (Å²) in [6.45, 7) is 11.6. The topological polar surface area (TPSA) is 43.8 Å². The maximum absolute atomic E-state index is 14.9. The van der Waals surface area contributed by atoms with E-state index in [0.29, 0.717) is 36.6 Å². The predicted molar refractivity (Wildman–Crippen MR) is 134 cm³/mol. The lowest BCUT2D eigenvalue weighted by molar-refractivity contribution is -0.159. The summed E-state index contributed by atoms with van der Waals surface area (Å²) in [5.74, 6) is -2.33. The van der Waals surface area contributed by atoms with Gasteiger partial charge in [0.25, 0.3) is 0 Å². The van der Waals surface area contributed by atoms with Crippen molar-refractivity contribution in [1.29, 1.82) is 0 Å². The molecular formula is C28H35ClF2N2O2. The second kappa shape index (κ2) is 9.45. The SMILES string of the molecule is C[C@@H]1N(C(=O)[C@@H]2CN(C(C)(C)C)C[C@H]2c2ccc(F)cc2F)CC[C@H](C)[C@@]1(O)c1ccc(Cl)cc1. The van der Waals surface area contributed by atoms with E-state index in [4.69, 9.17) is 11.6 Å². The van der Waals surface area contributed by atoms with Crippen LogP contribution in [0.15, 0.2) is 42.5 Å². The number of halogens is 3. The third-order valence-corrected chi connectivity index (χ3v) is 8.45. The van der Waals surface area contributed by atoms with E-state index >= 15 is 0 Å². The summed E-state index contributed by atoms with van der Waals surface area (Å²) in [6.07, 6.45) is 0.639. The van der Waals surface area contributed by atoms with Crippen molar-refractivity contribution in [2.24, 2.45) is 11.8 Å². The molecule has 0 radical (unpaired) electrons. The van der Waals surface area contributed by atoms with E-state index in [1.165, 1.54) is 12.1 Å². The van der Waals surface area contributed by atoms with E-state index in [1.807, 2.05) is 26.0 Å². The molecule has 4 rings (SSSR count). The Balaban J connectivity index is 1.69. The van der Waals surface area contributed by atoms with Crippen LogP contribution in [0.5, 0.6) is 0 Å². The number of likely N-dealkylation sites (tertiary alicyclic amines) is 2. The average molecular weight is 505 g/mol. The molecule has 2 saturated heterocycles. The Morgan fingerprint density at radius 3 is 2.34 bits per heavy atom. The van der Waals surface area contributed by atoms with E-state index in [9.17, 15) is 18.7 Å². The van der Waals surface area contributed by atoms with Crippen LogP contribution in [0.4, 0.5) is 8.78 Å². The van der Waals surface area contributed by atoms with Crippen molar-refractivity contribution in [2.45, 2.75) is 64.1 Å². The number of hydrogen-bond donors (Lipinski definition) is 1. The van der Waals surface area contributed by atoms with Crippen LogP contribution >= 0.6 is 11.6 Å². The standard InChI is InChI=1S/C28H35ClF2N2O2/c1-17-12-13-33(18(2)28(17,35)19-6-8-20(29)9-7-19)26(34)24-16-32(27(3,4)5)15-23(24)22-11-10-21(30)14-25(22)31/h6-11,14,17-18,23-24,35H,12-13,15-16H2,1-5H3/t17-,18-,23-,24+,28-/m0/s1. The second-order valence-electron chi connectivity index (χ2n) is 11.2. The molecule has 5 atom stereocenters. The zero-order chi connectivity index (χ0) is 25.7. The molecule has 0 aliphatic carbocycles. The Morgan fingerprint density at radius 2 is 1.74 bits per heavy atom. The van der Waals surface area contributed by atoms with Crippen LogP contribution in [0, 0.1) is 23.5 Å². The highest BCUT2D eigenvalue weighted by molar-refractivity contribution is 6.30. The summed E-state index contributed by atoms with van der Waals surface area (Å²) < 4.78 is 28.5. The van der Waals surface area contributed by atoms with Gasteiger partial charge in [0.15, 0.2) is 0 Å². The quantitative estimate of drug-likeness (QED) is 0.593. The molecule has 2 fully saturated rings. The van der Waals surface area contributed by atoms with Gasteiger partial charge in [-0.1, -0.05) is 36.7 Å². The number of hydrogen-bond acceptors (Lipinski definition) is 3. The van der Waals surface area contributed by atoms with Crippen LogP contribution in [0.25, 0.3) is 0 Å². The van der Waals surface area contributed by atoms with Gasteiger partial charge in [-0.3, -0.25) is 9.69 Å². The number of benzene rings is 2. The molecule has 7 heteroatoms. The minimum absolute atomic E-state index is 0.0669. The zero-order valence-corrected chi connectivity index (χ0v) is 21.8. The maximum atomic E-state index is 14.9. The number of carbonyl (C=O) groups is 1. The number of amides is 1. The lowest BCUT2D eigenvalue weighted by atomic mass is 9.72. The summed E-state index contributed by atoms with van der Waals surface area (Å²) in [5.41, 5.74) is -0.362. The number of piperidine rings is 1. The summed E-state index contributed by atoms with van der Waals surface area (Å²) in [5, 5.41) is 12.5. The van der Waals surface area contributed by atoms with E-state index in [0.717, 1.165) is 11.6 Å². The van der Waals surface area contributed by atoms with E-state index in [1.54, 1.807) is 17.0 Å². The summed E-state index contributed by atoms with van der Waals surface area (Å²) in [6, 6.07) is 10.3. The number of rotatable bonds is 3. The summed E-state index contributed by atoms with van der Waals surface area (Å²) in [7, 11) is 0. The van der Waals surface area contributed by atoms with Crippen molar-refractivity contribution in [3.8, 4) is 0 Å². The highest BCUT2D eigenvalue weighted by atomic mass is 35.5. The lowest BCUT2D eigenvalue weighted by Crippen LogP contribution is -2.60. The predicted octanol–water partition coefficient (Wildman–Crippen LogP) is 5.58.